The van der Waals surface area contributed by atoms with Crippen LogP contribution in [-0.2, 0) is 4.74 Å². The van der Waals surface area contributed by atoms with Crippen LogP contribution in [0.25, 0.3) is 0 Å². The number of alkyl carbamates (subject to hydrolysis) is 1. The van der Waals surface area contributed by atoms with E-state index in [2.05, 4.69) is 10.6 Å². The largest absolute Gasteiger partial charge is 0.434 e. The third kappa shape index (κ3) is 2.99. The number of carbonyl (C=O) groups excluding carboxylic acids is 1. The van der Waals surface area contributed by atoms with Crippen molar-refractivity contribution in [1.29, 1.82) is 5.26 Å². The molecule has 1 aromatic rings. The van der Waals surface area contributed by atoms with Crippen LogP contribution in [0.5, 0.6) is 0 Å². The molecular formula is C13H15N3O2. The Morgan fingerprint density at radius 3 is 2.94 bits per heavy atom. The van der Waals surface area contributed by atoms with Gasteiger partial charge in [0.2, 0.25) is 0 Å². The quantitative estimate of drug-likeness (QED) is 0.833. The van der Waals surface area contributed by atoms with E-state index in [1.54, 1.807) is 6.07 Å². The molecule has 2 rings (SSSR count). The van der Waals surface area contributed by atoms with Gasteiger partial charge in [-0.1, -0.05) is 30.3 Å². The van der Waals surface area contributed by atoms with Gasteiger partial charge in [0, 0.05) is 19.0 Å². The van der Waals surface area contributed by atoms with Gasteiger partial charge in [0.25, 0.3) is 0 Å². The maximum Gasteiger partial charge on any atom is 0.408 e. The van der Waals surface area contributed by atoms with E-state index in [9.17, 15) is 4.79 Å². The Kier molecular flexibility index (Phi) is 4.15. The van der Waals surface area contributed by atoms with E-state index in [-0.39, 0.29) is 18.6 Å². The average Bonchev–Trinajstić information content (AvgIpc) is 2.85. The summed E-state index contributed by atoms with van der Waals surface area (Å²) in [5.41, 5.74) is 1.19. The van der Waals surface area contributed by atoms with E-state index in [0.717, 1.165) is 6.54 Å². The van der Waals surface area contributed by atoms with Gasteiger partial charge in [-0.25, -0.2) is 4.79 Å². The van der Waals surface area contributed by atoms with Gasteiger partial charge in [-0.3, -0.25) is 0 Å². The molecule has 2 unspecified atom stereocenters. The lowest BCUT2D eigenvalue weighted by Gasteiger charge is -2.19. The topological polar surface area (TPSA) is 74.1 Å². The van der Waals surface area contributed by atoms with Crippen LogP contribution in [0, 0.1) is 11.3 Å². The highest BCUT2D eigenvalue weighted by Crippen LogP contribution is 2.22. The molecule has 1 heterocycles. The summed E-state index contributed by atoms with van der Waals surface area (Å²) in [6, 6.07) is 11.8. The molecule has 1 fully saturated rings. The molecular weight excluding hydrogens is 230 g/mol. The highest BCUT2D eigenvalue weighted by atomic mass is 16.5. The number of nitrogens with one attached hydrogen (secondary N) is 2. The fourth-order valence-corrected chi connectivity index (χ4v) is 2.17. The van der Waals surface area contributed by atoms with Gasteiger partial charge in [-0.05, 0) is 5.56 Å². The Bertz CT molecular complexity index is 441. The average molecular weight is 245 g/mol. The first-order valence-electron chi connectivity index (χ1n) is 5.87. The zero-order valence-corrected chi connectivity index (χ0v) is 9.93. The zero-order chi connectivity index (χ0) is 12.8. The van der Waals surface area contributed by atoms with Crippen LogP contribution in [0.4, 0.5) is 4.79 Å². The number of hydrogen-bond donors (Lipinski definition) is 2. The summed E-state index contributed by atoms with van der Waals surface area (Å²) in [6.07, 6.45) is -0.536. The summed E-state index contributed by atoms with van der Waals surface area (Å²) >= 11 is 0. The number of ether oxygens (including phenoxy) is 1. The fraction of sp³-hybridized carbons (Fsp3) is 0.385. The third-order valence-corrected chi connectivity index (χ3v) is 3.01. The molecule has 94 valence electrons. The minimum atomic E-state index is -0.536. The van der Waals surface area contributed by atoms with Crippen LogP contribution in [0.3, 0.4) is 0 Å². The van der Waals surface area contributed by atoms with Gasteiger partial charge in [0.1, 0.15) is 6.07 Å². The van der Waals surface area contributed by atoms with Gasteiger partial charge in [0.05, 0.1) is 6.04 Å². The Balaban J connectivity index is 1.96. The first kappa shape index (κ1) is 12.4. The number of hydrogen-bond acceptors (Lipinski definition) is 4. The molecule has 5 nitrogen and oxygen atoms in total. The normalized spacial score (nSPS) is 22.2. The molecule has 0 saturated carbocycles. The summed E-state index contributed by atoms with van der Waals surface area (Å²) in [5, 5.41) is 14.4. The van der Waals surface area contributed by atoms with Gasteiger partial charge >= 0.3 is 6.09 Å². The van der Waals surface area contributed by atoms with Crippen molar-refractivity contribution in [1.82, 2.24) is 10.6 Å². The second kappa shape index (κ2) is 6.03. The standard InChI is InChI=1S/C13H15N3O2/c14-6-7-18-13(17)16-12-9-15-8-11(12)10-4-2-1-3-5-10/h1-5,11-12,15H,7-9H2,(H,16,17). The number of nitriles is 1. The molecule has 1 saturated heterocycles. The van der Waals surface area contributed by atoms with Crippen LogP contribution in [0.15, 0.2) is 30.3 Å². The fourth-order valence-electron chi connectivity index (χ4n) is 2.17. The van der Waals surface area contributed by atoms with Crippen LogP contribution < -0.4 is 10.6 Å². The first-order chi connectivity index (χ1) is 8.81. The van der Waals surface area contributed by atoms with Crippen molar-refractivity contribution in [3.8, 4) is 6.07 Å². The van der Waals surface area contributed by atoms with Crippen LogP contribution >= 0.6 is 0 Å². The van der Waals surface area contributed by atoms with Crippen molar-refractivity contribution in [2.45, 2.75) is 12.0 Å². The highest BCUT2D eigenvalue weighted by molar-refractivity contribution is 5.68. The molecule has 2 atom stereocenters. The van der Waals surface area contributed by atoms with Gasteiger partial charge in [-0.2, -0.15) is 5.26 Å². The highest BCUT2D eigenvalue weighted by Gasteiger charge is 2.29. The van der Waals surface area contributed by atoms with E-state index in [0.29, 0.717) is 6.54 Å². The molecule has 1 aromatic carbocycles. The molecule has 0 spiro atoms. The van der Waals surface area contributed by atoms with E-state index in [1.807, 2.05) is 30.3 Å². The molecule has 18 heavy (non-hydrogen) atoms. The molecule has 2 N–H and O–H groups in total. The van der Waals surface area contributed by atoms with E-state index >= 15 is 0 Å². The lowest BCUT2D eigenvalue weighted by Crippen LogP contribution is -2.39. The number of nitrogens with zero attached hydrogens (tertiary/aromatic N) is 1. The Morgan fingerprint density at radius 1 is 1.44 bits per heavy atom. The Morgan fingerprint density at radius 2 is 2.22 bits per heavy atom. The molecule has 1 aliphatic rings. The van der Waals surface area contributed by atoms with Crippen molar-refractivity contribution in [2.24, 2.45) is 0 Å². The Labute approximate surface area is 106 Å². The number of benzene rings is 1. The predicted octanol–water partition coefficient (Wildman–Crippen LogP) is 0.992. The maximum atomic E-state index is 11.4. The summed E-state index contributed by atoms with van der Waals surface area (Å²) in [7, 11) is 0. The molecule has 0 bridgehead atoms. The van der Waals surface area contributed by atoms with Crippen molar-refractivity contribution in [3.63, 3.8) is 0 Å². The second-order valence-electron chi connectivity index (χ2n) is 4.16. The van der Waals surface area contributed by atoms with E-state index < -0.39 is 6.09 Å². The predicted molar refractivity (Wildman–Crippen MR) is 65.9 cm³/mol. The molecule has 5 heteroatoms. The summed E-state index contributed by atoms with van der Waals surface area (Å²) in [4.78, 5) is 11.4. The van der Waals surface area contributed by atoms with Crippen LogP contribution in [-0.4, -0.2) is 31.8 Å². The molecule has 1 aliphatic heterocycles. The third-order valence-electron chi connectivity index (χ3n) is 3.01. The van der Waals surface area contributed by atoms with Gasteiger partial charge in [-0.15, -0.1) is 0 Å². The number of rotatable bonds is 3. The number of carbonyl (C=O) groups is 1. The van der Waals surface area contributed by atoms with Crippen LogP contribution in [0.1, 0.15) is 11.5 Å². The SMILES string of the molecule is N#CCOC(=O)NC1CNCC1c1ccccc1. The molecule has 0 aliphatic carbocycles. The van der Waals surface area contributed by atoms with Gasteiger partial charge in [0.15, 0.2) is 6.61 Å². The molecule has 0 aromatic heterocycles. The van der Waals surface area contributed by atoms with Crippen LogP contribution in [0.2, 0.25) is 0 Å². The zero-order valence-electron chi connectivity index (χ0n) is 9.93. The first-order valence-corrected chi connectivity index (χ1v) is 5.87. The summed E-state index contributed by atoms with van der Waals surface area (Å²) in [6.45, 7) is 1.32. The Hall–Kier alpha value is -2.06. The van der Waals surface area contributed by atoms with E-state index in [1.165, 1.54) is 5.56 Å². The summed E-state index contributed by atoms with van der Waals surface area (Å²) < 4.78 is 4.70. The molecule has 0 radical (unpaired) electrons. The number of amides is 1. The molecule has 1 amide bonds. The van der Waals surface area contributed by atoms with Gasteiger partial charge < -0.3 is 15.4 Å². The monoisotopic (exact) mass is 245 g/mol. The minimum absolute atomic E-state index is 0.00130. The van der Waals surface area contributed by atoms with Crippen molar-refractivity contribution >= 4 is 6.09 Å². The lowest BCUT2D eigenvalue weighted by molar-refractivity contribution is 0.155. The lowest BCUT2D eigenvalue weighted by atomic mass is 9.94. The second-order valence-corrected chi connectivity index (χ2v) is 4.16. The smallest absolute Gasteiger partial charge is 0.408 e. The minimum Gasteiger partial charge on any atom is -0.434 e. The summed E-state index contributed by atoms with van der Waals surface area (Å²) in [5.74, 6) is 0.237. The van der Waals surface area contributed by atoms with E-state index in [4.69, 9.17) is 10.00 Å². The van der Waals surface area contributed by atoms with Crippen molar-refractivity contribution in [2.75, 3.05) is 19.7 Å². The van der Waals surface area contributed by atoms with Crippen molar-refractivity contribution in [3.05, 3.63) is 35.9 Å². The van der Waals surface area contributed by atoms with Crippen molar-refractivity contribution < 1.29 is 9.53 Å². The maximum absolute atomic E-state index is 11.4.